The second-order valence-electron chi connectivity index (χ2n) is 20.1. The zero-order valence-corrected chi connectivity index (χ0v) is 45.1. The topological polar surface area (TPSA) is 8.17 Å². The van der Waals surface area contributed by atoms with Crippen molar-refractivity contribution in [1.82, 2.24) is 4.57 Å². The van der Waals surface area contributed by atoms with Crippen LogP contribution in [0, 0.1) is 0 Å². The van der Waals surface area contributed by atoms with Crippen LogP contribution in [0.2, 0.25) is 0 Å². The Labute approximate surface area is 460 Å². The summed E-state index contributed by atoms with van der Waals surface area (Å²) in [5.74, 6) is 0. The number of para-hydroxylation sites is 1. The lowest BCUT2D eigenvalue weighted by atomic mass is 9.82. The van der Waals surface area contributed by atoms with Crippen molar-refractivity contribution in [1.29, 1.82) is 0 Å². The van der Waals surface area contributed by atoms with Gasteiger partial charge in [-0.15, -0.1) is 0 Å². The molecule has 0 saturated heterocycles. The molecule has 0 unspecified atom stereocenters. The van der Waals surface area contributed by atoms with Crippen LogP contribution in [0.25, 0.3) is 117 Å². The number of hydrogen-bond donors (Lipinski definition) is 0. The third-order valence-corrected chi connectivity index (χ3v) is 15.5. The predicted molar refractivity (Wildman–Crippen MR) is 339 cm³/mol. The number of nitrogens with zero attached hydrogens (tertiary/aromatic N) is 2. The highest BCUT2D eigenvalue weighted by Gasteiger charge is 2.30. The molecule has 1 aromatic heterocycles. The summed E-state index contributed by atoms with van der Waals surface area (Å²) in [5.41, 5.74) is 22.4. The minimum absolute atomic E-state index is 1.02. The molecule has 0 saturated carbocycles. The first-order valence-corrected chi connectivity index (χ1v) is 27.9. The van der Waals surface area contributed by atoms with Crippen molar-refractivity contribution in [2.45, 2.75) is 53.4 Å². The lowest BCUT2D eigenvalue weighted by molar-refractivity contribution is 0.887. The lowest BCUT2D eigenvalue weighted by Crippen LogP contribution is -2.22. The summed E-state index contributed by atoms with van der Waals surface area (Å²) in [6.07, 6.45) is 26.5. The highest BCUT2D eigenvalue weighted by Crippen LogP contribution is 2.57. The molecule has 0 atom stereocenters. The van der Waals surface area contributed by atoms with Gasteiger partial charge in [-0.1, -0.05) is 220 Å². The zero-order chi connectivity index (χ0) is 53.0. The maximum Gasteiger partial charge on any atom is 0.0561 e. The molecule has 2 heteroatoms. The summed E-state index contributed by atoms with van der Waals surface area (Å²) in [4.78, 5) is 2.47. The molecule has 10 aromatic carbocycles. The van der Waals surface area contributed by atoms with Crippen LogP contribution in [0.1, 0.15) is 64.5 Å². The van der Waals surface area contributed by atoms with Gasteiger partial charge >= 0.3 is 0 Å². The van der Waals surface area contributed by atoms with Gasteiger partial charge in [-0.2, -0.15) is 0 Å². The van der Waals surface area contributed by atoms with Crippen molar-refractivity contribution >= 4 is 61.2 Å². The van der Waals surface area contributed by atoms with E-state index in [2.05, 4.69) is 264 Å². The maximum absolute atomic E-state index is 2.47. The van der Waals surface area contributed by atoms with Gasteiger partial charge in [-0.05, 0) is 189 Å². The summed E-state index contributed by atoms with van der Waals surface area (Å²) in [5, 5.41) is 7.55. The van der Waals surface area contributed by atoms with Gasteiger partial charge in [0.2, 0.25) is 0 Å². The third kappa shape index (κ3) is 9.24. The van der Waals surface area contributed by atoms with E-state index in [0.29, 0.717) is 0 Å². The normalized spacial score (nSPS) is 13.4. The molecule has 0 spiro atoms. The monoisotopic (exact) mass is 1000 g/mol. The van der Waals surface area contributed by atoms with Crippen LogP contribution < -0.4 is 4.90 Å². The fourth-order valence-electron chi connectivity index (χ4n) is 11.8. The molecule has 378 valence electrons. The molecule has 11 aromatic rings. The van der Waals surface area contributed by atoms with Gasteiger partial charge in [0.25, 0.3) is 0 Å². The number of fused-ring (bicyclic) bond motifs is 7. The van der Waals surface area contributed by atoms with E-state index in [4.69, 9.17) is 0 Å². The van der Waals surface area contributed by atoms with Crippen LogP contribution in [0.4, 0.5) is 5.69 Å². The number of aromatic nitrogens is 1. The van der Waals surface area contributed by atoms with E-state index in [1.54, 1.807) is 0 Å². The molecular weight excluding hydrogens is 941 g/mol. The molecule has 0 N–H and O–H groups in total. The summed E-state index contributed by atoms with van der Waals surface area (Å²) in [6.45, 7) is 8.00. The van der Waals surface area contributed by atoms with Gasteiger partial charge in [0.15, 0.2) is 0 Å². The molecule has 0 fully saturated rings. The van der Waals surface area contributed by atoms with E-state index in [-0.39, 0.29) is 0 Å². The second kappa shape index (κ2) is 22.2. The van der Waals surface area contributed by atoms with Gasteiger partial charge in [0, 0.05) is 33.5 Å². The van der Waals surface area contributed by atoms with Gasteiger partial charge in [-0.25, -0.2) is 0 Å². The average Bonchev–Trinajstić information content (AvgIpc) is 4.09. The average molecular weight is 1010 g/mol. The second-order valence-corrected chi connectivity index (χ2v) is 20.1. The molecule has 1 heterocycles. The molecule has 3 aliphatic carbocycles. The first-order chi connectivity index (χ1) is 38.6. The Kier molecular flexibility index (Phi) is 14.1. The highest BCUT2D eigenvalue weighted by atomic mass is 15.2. The Bertz CT molecular complexity index is 4210. The van der Waals surface area contributed by atoms with Crippen LogP contribution in [0.5, 0.6) is 0 Å². The molecule has 14 rings (SSSR count). The zero-order valence-electron chi connectivity index (χ0n) is 45.1. The van der Waals surface area contributed by atoms with Crippen molar-refractivity contribution in [2.24, 2.45) is 0 Å². The quantitative estimate of drug-likeness (QED) is 0.103. The van der Waals surface area contributed by atoms with Crippen LogP contribution >= 0.6 is 0 Å². The summed E-state index contributed by atoms with van der Waals surface area (Å²) in [6, 6.07) is 76.7. The van der Waals surface area contributed by atoms with Crippen molar-refractivity contribution in [3.63, 3.8) is 0 Å². The summed E-state index contributed by atoms with van der Waals surface area (Å²) < 4.78 is 2.45. The van der Waals surface area contributed by atoms with Crippen LogP contribution in [0.15, 0.2) is 266 Å². The van der Waals surface area contributed by atoms with E-state index in [1.807, 2.05) is 39.8 Å². The fraction of sp³-hybridized carbons (Fsp3) is 0.105. The van der Waals surface area contributed by atoms with Gasteiger partial charge in [0.05, 0.1) is 11.0 Å². The van der Waals surface area contributed by atoms with Crippen molar-refractivity contribution in [3.8, 4) is 61.3 Å². The lowest BCUT2D eigenvalue weighted by Gasteiger charge is -2.31. The highest BCUT2D eigenvalue weighted by molar-refractivity contribution is 6.23. The van der Waals surface area contributed by atoms with E-state index >= 15 is 0 Å². The Hall–Kier alpha value is -9.24. The Morgan fingerprint density at radius 2 is 1.08 bits per heavy atom. The Morgan fingerprint density at radius 1 is 0.449 bits per heavy atom. The minimum Gasteiger partial charge on any atom is -0.314 e. The summed E-state index contributed by atoms with van der Waals surface area (Å²) >= 11 is 0. The van der Waals surface area contributed by atoms with Gasteiger partial charge in [-0.3, -0.25) is 0 Å². The maximum atomic E-state index is 2.47. The van der Waals surface area contributed by atoms with Crippen LogP contribution in [-0.4, -0.2) is 4.57 Å². The molecule has 0 aliphatic heterocycles. The van der Waals surface area contributed by atoms with E-state index in [9.17, 15) is 0 Å². The molecule has 0 amide bonds. The fourth-order valence-corrected chi connectivity index (χ4v) is 11.8. The number of allylic oxidation sites excluding steroid dienone is 9. The number of benzene rings is 10. The molecule has 3 aliphatic rings. The first kappa shape index (κ1) is 49.6. The van der Waals surface area contributed by atoms with Crippen molar-refractivity contribution < 1.29 is 0 Å². The Balaban J connectivity index is 0.000000974. The Morgan fingerprint density at radius 3 is 1.77 bits per heavy atom. The smallest absolute Gasteiger partial charge is 0.0561 e. The molecule has 0 bridgehead atoms. The standard InChI is InChI=1S/C70H50N2.C4H8.C2H6/c1-6-18-49(19-7-1)63-46-64(68(51-20-8-2-9-21-51)70-62-31-17-23-50-22-16-30-61(67(50)62)69(63)70)54-38-37-52-42-47(34-36-53(52)44-54)32-33-48-35-40-59-60-41-39-58(45-66(60)72(65(59)43-48)57-28-14-5-15-29-57)71(55-24-10-3-11-25-55)56-26-12-4-13-27-56;1-3-4-2;1-2/h1-3,5-10,12,14-24,26-46H,4,11,13,25H2;3-4H,1-2H3;1-2H3/b33-32+;4-3-;. The number of hydrogen-bond acceptors (Lipinski definition) is 1. The molecular formula is C76H64N2. The SMILES string of the molecule is C/C=C\C.C1=CCCC(N(C2=CCCC=C2)c2ccc3c4ccc(/C=C/c5ccc6cc(-c7cc(-c8ccccc8)c8c(c7-c7ccccc7)-c7cccc9cccc-8c79)ccc6c5)cc4n(-c4ccccc4)c3c2)=C1.CC. The number of anilines is 1. The van der Waals surface area contributed by atoms with E-state index in [0.717, 1.165) is 36.9 Å². The van der Waals surface area contributed by atoms with Crippen molar-refractivity contribution in [2.75, 3.05) is 4.90 Å². The van der Waals surface area contributed by atoms with Crippen LogP contribution in [-0.2, 0) is 0 Å². The van der Waals surface area contributed by atoms with Gasteiger partial charge in [0.1, 0.15) is 0 Å². The molecule has 2 nitrogen and oxygen atoms in total. The molecule has 0 radical (unpaired) electrons. The molecule has 78 heavy (non-hydrogen) atoms. The van der Waals surface area contributed by atoms with Gasteiger partial charge < -0.3 is 9.47 Å². The van der Waals surface area contributed by atoms with Crippen molar-refractivity contribution in [3.05, 3.63) is 277 Å². The first-order valence-electron chi connectivity index (χ1n) is 27.9. The van der Waals surface area contributed by atoms with Crippen LogP contribution in [0.3, 0.4) is 0 Å². The minimum atomic E-state index is 1.02. The summed E-state index contributed by atoms with van der Waals surface area (Å²) in [7, 11) is 0. The largest absolute Gasteiger partial charge is 0.314 e. The van der Waals surface area contributed by atoms with E-state index in [1.165, 1.54) is 122 Å². The number of rotatable bonds is 9. The predicted octanol–water partition coefficient (Wildman–Crippen LogP) is 21.8. The van der Waals surface area contributed by atoms with E-state index < -0.39 is 0 Å². The third-order valence-electron chi connectivity index (χ3n) is 15.5.